The molecule has 0 aliphatic carbocycles. The smallest absolute Gasteiger partial charge is 0.147 e. The number of nitrogens with zero attached hydrogens (tertiary/aromatic N) is 2. The Morgan fingerprint density at radius 1 is 0.625 bits per heavy atom. The Bertz CT molecular complexity index is 1950. The van der Waals surface area contributed by atoms with E-state index in [4.69, 9.17) is 4.98 Å². The molecule has 3 heteroatoms. The van der Waals surface area contributed by atoms with Crippen molar-refractivity contribution in [2.75, 3.05) is 0 Å². The van der Waals surface area contributed by atoms with Crippen LogP contribution in [-0.4, -0.2) is 9.55 Å². The van der Waals surface area contributed by atoms with Gasteiger partial charge in [-0.05, 0) is 69.6 Å². The maximum absolute atomic E-state index is 5.17. The Morgan fingerprint density at radius 3 is 1.98 bits per heavy atom. The van der Waals surface area contributed by atoms with E-state index in [2.05, 4.69) is 152 Å². The number of fused-ring (bicyclic) bond motifs is 2. The lowest BCUT2D eigenvalue weighted by molar-refractivity contribution is 0.590. The Balaban J connectivity index is 1.34. The van der Waals surface area contributed by atoms with Gasteiger partial charge in [0, 0.05) is 26.7 Å². The van der Waals surface area contributed by atoms with Gasteiger partial charge in [-0.1, -0.05) is 106 Å². The van der Waals surface area contributed by atoms with Gasteiger partial charge in [0.1, 0.15) is 5.82 Å². The second kappa shape index (κ2) is 9.62. The summed E-state index contributed by atoms with van der Waals surface area (Å²) >= 11 is 1.78. The highest BCUT2D eigenvalue weighted by Crippen LogP contribution is 2.39. The zero-order valence-electron chi connectivity index (χ0n) is 22.9. The number of benzene rings is 5. The van der Waals surface area contributed by atoms with Crippen LogP contribution in [0.2, 0.25) is 0 Å². The van der Waals surface area contributed by atoms with Crippen molar-refractivity contribution < 1.29 is 0 Å². The monoisotopic (exact) mass is 534 g/mol. The van der Waals surface area contributed by atoms with E-state index >= 15 is 0 Å². The highest BCUT2D eigenvalue weighted by Gasteiger charge is 2.18. The summed E-state index contributed by atoms with van der Waals surface area (Å²) in [4.78, 5) is 5.17. The van der Waals surface area contributed by atoms with Crippen LogP contribution in [-0.2, 0) is 5.41 Å². The first-order valence-corrected chi connectivity index (χ1v) is 14.6. The van der Waals surface area contributed by atoms with Crippen LogP contribution >= 0.6 is 11.3 Å². The number of aromatic nitrogens is 2. The number of hydrogen-bond donors (Lipinski definition) is 0. The summed E-state index contributed by atoms with van der Waals surface area (Å²) < 4.78 is 3.57. The number of hydrogen-bond acceptors (Lipinski definition) is 2. The fraction of sp³-hybridized carbons (Fsp3) is 0.108. The molecule has 0 saturated heterocycles. The standard InChI is InChI=1S/C37H30N2S/c1-37(2,3)29-18-13-26(14-19-29)27-15-20-30(21-16-27)39-34-12-8-7-11-33(34)38-36(39)32-24-40-35-22-17-28(23-31(32)35)25-9-5-4-6-10-25/h4-24H,1-3H3. The fourth-order valence-corrected chi connectivity index (χ4v) is 6.37. The Labute approximate surface area is 239 Å². The number of para-hydroxylation sites is 2. The molecule has 0 bridgehead atoms. The molecule has 0 N–H and O–H groups in total. The minimum atomic E-state index is 0.148. The molecule has 7 aromatic rings. The van der Waals surface area contributed by atoms with Crippen molar-refractivity contribution >= 4 is 32.5 Å². The van der Waals surface area contributed by atoms with Crippen LogP contribution in [0.1, 0.15) is 26.3 Å². The van der Waals surface area contributed by atoms with Crippen LogP contribution in [0.25, 0.3) is 60.4 Å². The zero-order valence-corrected chi connectivity index (χ0v) is 23.7. The van der Waals surface area contributed by atoms with Gasteiger partial charge >= 0.3 is 0 Å². The molecule has 0 amide bonds. The Morgan fingerprint density at radius 2 is 1.25 bits per heavy atom. The summed E-state index contributed by atoms with van der Waals surface area (Å²) in [6.45, 7) is 6.76. The minimum absolute atomic E-state index is 0.148. The predicted molar refractivity (Wildman–Crippen MR) is 171 cm³/mol. The second-order valence-corrected chi connectivity index (χ2v) is 12.3. The minimum Gasteiger partial charge on any atom is -0.292 e. The van der Waals surface area contributed by atoms with Crippen molar-refractivity contribution in [2.45, 2.75) is 26.2 Å². The first-order chi connectivity index (χ1) is 19.5. The van der Waals surface area contributed by atoms with Crippen molar-refractivity contribution in [3.05, 3.63) is 132 Å². The molecule has 2 heterocycles. The molecule has 0 atom stereocenters. The SMILES string of the molecule is CC(C)(C)c1ccc(-c2ccc(-n3c(-c4csc5ccc(-c6ccccc6)cc45)nc4ccccc43)cc2)cc1. The van der Waals surface area contributed by atoms with Gasteiger partial charge in [0.2, 0.25) is 0 Å². The van der Waals surface area contributed by atoms with Gasteiger partial charge in [-0.2, -0.15) is 0 Å². The predicted octanol–water partition coefficient (Wildman–Crippen LogP) is 10.5. The van der Waals surface area contributed by atoms with Crippen LogP contribution in [0.3, 0.4) is 0 Å². The largest absolute Gasteiger partial charge is 0.292 e. The van der Waals surface area contributed by atoms with Gasteiger partial charge in [-0.3, -0.25) is 4.57 Å². The fourth-order valence-electron chi connectivity index (χ4n) is 5.45. The van der Waals surface area contributed by atoms with Crippen molar-refractivity contribution in [2.24, 2.45) is 0 Å². The molecule has 0 saturated carbocycles. The molecule has 0 radical (unpaired) electrons. The Hall–Kier alpha value is -4.47. The van der Waals surface area contributed by atoms with Gasteiger partial charge in [-0.15, -0.1) is 11.3 Å². The topological polar surface area (TPSA) is 17.8 Å². The lowest BCUT2D eigenvalue weighted by Gasteiger charge is -2.19. The summed E-state index contributed by atoms with van der Waals surface area (Å²) in [6, 6.07) is 43.6. The highest BCUT2D eigenvalue weighted by molar-refractivity contribution is 7.17. The van der Waals surface area contributed by atoms with Crippen LogP contribution in [0.4, 0.5) is 0 Å². The summed E-state index contributed by atoms with van der Waals surface area (Å²) in [7, 11) is 0. The summed E-state index contributed by atoms with van der Waals surface area (Å²) in [6.07, 6.45) is 0. The third-order valence-corrected chi connectivity index (χ3v) is 8.66. The summed E-state index contributed by atoms with van der Waals surface area (Å²) in [5, 5.41) is 3.49. The van der Waals surface area contributed by atoms with Crippen LogP contribution in [0.15, 0.2) is 127 Å². The quantitative estimate of drug-likeness (QED) is 0.220. The first-order valence-electron chi connectivity index (χ1n) is 13.7. The van der Waals surface area contributed by atoms with Crippen LogP contribution < -0.4 is 0 Å². The lowest BCUT2D eigenvalue weighted by atomic mass is 9.86. The average molecular weight is 535 g/mol. The maximum atomic E-state index is 5.17. The van der Waals surface area contributed by atoms with Gasteiger partial charge in [-0.25, -0.2) is 4.98 Å². The van der Waals surface area contributed by atoms with Crippen molar-refractivity contribution in [3.8, 4) is 39.3 Å². The van der Waals surface area contributed by atoms with E-state index in [0.29, 0.717) is 0 Å². The molecule has 0 aliphatic rings. The number of imidazole rings is 1. The third kappa shape index (κ3) is 4.33. The van der Waals surface area contributed by atoms with Gasteiger partial charge in [0.05, 0.1) is 11.0 Å². The molecule has 194 valence electrons. The molecule has 0 spiro atoms. The number of thiophene rings is 1. The van der Waals surface area contributed by atoms with Crippen LogP contribution in [0, 0.1) is 0 Å². The molecule has 0 aliphatic heterocycles. The average Bonchev–Trinajstić information content (AvgIpc) is 3.58. The van der Waals surface area contributed by atoms with E-state index in [1.807, 2.05) is 0 Å². The third-order valence-electron chi connectivity index (χ3n) is 7.69. The van der Waals surface area contributed by atoms with Crippen molar-refractivity contribution in [1.29, 1.82) is 0 Å². The van der Waals surface area contributed by atoms with E-state index in [-0.39, 0.29) is 5.41 Å². The molecule has 7 rings (SSSR count). The molecule has 0 unspecified atom stereocenters. The van der Waals surface area contributed by atoms with E-state index in [0.717, 1.165) is 28.1 Å². The molecule has 2 aromatic heterocycles. The Kier molecular flexibility index (Phi) is 5.91. The first kappa shape index (κ1) is 24.6. The normalized spacial score (nSPS) is 11.9. The lowest BCUT2D eigenvalue weighted by Crippen LogP contribution is -2.10. The molecular formula is C37H30N2S. The van der Waals surface area contributed by atoms with E-state index < -0.39 is 0 Å². The van der Waals surface area contributed by atoms with Crippen molar-refractivity contribution in [3.63, 3.8) is 0 Å². The number of rotatable bonds is 4. The molecule has 2 nitrogen and oxygen atoms in total. The van der Waals surface area contributed by atoms with Gasteiger partial charge < -0.3 is 0 Å². The van der Waals surface area contributed by atoms with Crippen molar-refractivity contribution in [1.82, 2.24) is 9.55 Å². The molecular weight excluding hydrogens is 504 g/mol. The molecule has 40 heavy (non-hydrogen) atoms. The van der Waals surface area contributed by atoms with Gasteiger partial charge in [0.15, 0.2) is 0 Å². The maximum Gasteiger partial charge on any atom is 0.147 e. The zero-order chi connectivity index (χ0) is 27.3. The van der Waals surface area contributed by atoms with Crippen LogP contribution in [0.5, 0.6) is 0 Å². The summed E-state index contributed by atoms with van der Waals surface area (Å²) in [5.74, 6) is 0.972. The summed E-state index contributed by atoms with van der Waals surface area (Å²) in [5.41, 5.74) is 10.8. The molecule has 0 fully saturated rings. The molecule has 5 aromatic carbocycles. The van der Waals surface area contributed by atoms with E-state index in [9.17, 15) is 0 Å². The van der Waals surface area contributed by atoms with Gasteiger partial charge in [0.25, 0.3) is 0 Å². The van der Waals surface area contributed by atoms with E-state index in [1.54, 1.807) is 11.3 Å². The second-order valence-electron chi connectivity index (χ2n) is 11.4. The van der Waals surface area contributed by atoms with E-state index in [1.165, 1.54) is 37.9 Å². The highest BCUT2D eigenvalue weighted by atomic mass is 32.1.